The number of rotatable bonds is 69. The van der Waals surface area contributed by atoms with Crippen molar-refractivity contribution in [3.05, 3.63) is 85.1 Å². The number of esters is 2. The largest absolute Gasteiger partial charge is 0.462 e. The molecule has 1 N–H and O–H groups in total. The maximum Gasteiger partial charge on any atom is 0.306 e. The Morgan fingerprint density at radius 3 is 0.774 bits per heavy atom. The third-order valence-electron chi connectivity index (χ3n) is 16.7. The molecule has 0 aromatic carbocycles. The summed E-state index contributed by atoms with van der Waals surface area (Å²) in [5.74, 6) is -0.584. The fourth-order valence-corrected chi connectivity index (χ4v) is 11.2. The van der Waals surface area contributed by atoms with Crippen LogP contribution in [-0.2, 0) is 19.1 Å². The standard InChI is InChI=1S/C79H142O5/c1-3-5-7-9-11-13-15-17-19-21-23-25-27-29-31-33-35-36-37-38-39-40-41-42-44-45-47-49-51-53-55-57-59-61-63-65-67-69-71-73-78(81)83-76-77(75-80)84-79(82)74-72-70-68-66-64-62-60-58-56-54-52-50-48-46-43-34-32-30-28-26-24-22-20-18-16-14-12-10-8-6-4-2/h6,8,12,14,18,20,24,26,30,32,43,46,50,52,77,80H,3-5,7,9-11,13,15-17,19,21-23,25,27-29,31,33-42,44-45,47-49,51,53-76H2,1-2H3/b8-6-,14-12-,20-18-,26-24-,32-30-,46-43-,52-50-. The van der Waals surface area contributed by atoms with Crippen LogP contribution in [0, 0.1) is 0 Å². The van der Waals surface area contributed by atoms with Crippen LogP contribution in [0.5, 0.6) is 0 Å². The molecule has 0 aromatic heterocycles. The highest BCUT2D eigenvalue weighted by molar-refractivity contribution is 5.70. The van der Waals surface area contributed by atoms with Crippen molar-refractivity contribution in [2.45, 2.75) is 392 Å². The fourth-order valence-electron chi connectivity index (χ4n) is 11.2. The second-order valence-electron chi connectivity index (χ2n) is 25.0. The second-order valence-corrected chi connectivity index (χ2v) is 25.0. The van der Waals surface area contributed by atoms with Crippen LogP contribution < -0.4 is 0 Å². The minimum absolute atomic E-state index is 0.0680. The Hall–Kier alpha value is -2.92. The molecule has 0 amide bonds. The molecule has 5 nitrogen and oxygen atoms in total. The molecular weight excluding hydrogens is 1030 g/mol. The number of aliphatic hydroxyl groups is 1. The van der Waals surface area contributed by atoms with Crippen LogP contribution in [0.15, 0.2) is 85.1 Å². The van der Waals surface area contributed by atoms with Crippen LogP contribution >= 0.6 is 0 Å². The molecule has 0 aliphatic heterocycles. The molecule has 0 bridgehead atoms. The first-order valence-corrected chi connectivity index (χ1v) is 37.1. The highest BCUT2D eigenvalue weighted by Crippen LogP contribution is 2.19. The number of allylic oxidation sites excluding steroid dienone is 14. The summed E-state index contributed by atoms with van der Waals surface area (Å²) in [6.45, 7) is 4.07. The Kier molecular flexibility index (Phi) is 71.7. The maximum absolute atomic E-state index is 12.4. The zero-order chi connectivity index (χ0) is 60.5. The van der Waals surface area contributed by atoms with Gasteiger partial charge in [-0.3, -0.25) is 9.59 Å². The molecule has 0 aromatic rings. The average Bonchev–Trinajstić information content (AvgIpc) is 3.51. The van der Waals surface area contributed by atoms with Crippen LogP contribution in [-0.4, -0.2) is 36.4 Å². The van der Waals surface area contributed by atoms with E-state index in [1.165, 1.54) is 270 Å². The lowest BCUT2D eigenvalue weighted by molar-refractivity contribution is -0.161. The van der Waals surface area contributed by atoms with Gasteiger partial charge in [0.2, 0.25) is 0 Å². The Balaban J connectivity index is 3.42. The van der Waals surface area contributed by atoms with E-state index < -0.39 is 6.10 Å². The maximum atomic E-state index is 12.4. The van der Waals surface area contributed by atoms with Gasteiger partial charge in [-0.25, -0.2) is 0 Å². The van der Waals surface area contributed by atoms with E-state index >= 15 is 0 Å². The second kappa shape index (κ2) is 74.3. The minimum atomic E-state index is -0.780. The summed E-state index contributed by atoms with van der Waals surface area (Å²) in [4.78, 5) is 24.7. The first-order chi connectivity index (χ1) is 41.6. The highest BCUT2D eigenvalue weighted by Gasteiger charge is 2.16. The molecule has 0 rings (SSSR count). The van der Waals surface area contributed by atoms with E-state index in [1.54, 1.807) is 0 Å². The van der Waals surface area contributed by atoms with Crippen LogP contribution in [0.2, 0.25) is 0 Å². The van der Waals surface area contributed by atoms with Crippen LogP contribution in [0.1, 0.15) is 386 Å². The topological polar surface area (TPSA) is 72.8 Å². The lowest BCUT2D eigenvalue weighted by Crippen LogP contribution is -2.28. The number of carbonyl (C=O) groups is 2. The molecule has 0 aliphatic rings. The molecule has 1 unspecified atom stereocenters. The number of ether oxygens (including phenoxy) is 2. The van der Waals surface area contributed by atoms with Gasteiger partial charge in [-0.2, -0.15) is 0 Å². The van der Waals surface area contributed by atoms with Crippen molar-refractivity contribution in [3.63, 3.8) is 0 Å². The van der Waals surface area contributed by atoms with Crippen molar-refractivity contribution >= 4 is 11.9 Å². The van der Waals surface area contributed by atoms with E-state index in [1.807, 2.05) is 0 Å². The third-order valence-corrected chi connectivity index (χ3v) is 16.7. The molecule has 0 saturated carbocycles. The van der Waals surface area contributed by atoms with Gasteiger partial charge in [0.15, 0.2) is 6.10 Å². The number of unbranched alkanes of at least 4 members (excludes halogenated alkanes) is 47. The van der Waals surface area contributed by atoms with Gasteiger partial charge in [-0.15, -0.1) is 0 Å². The van der Waals surface area contributed by atoms with Gasteiger partial charge in [0.25, 0.3) is 0 Å². The summed E-state index contributed by atoms with van der Waals surface area (Å²) in [7, 11) is 0. The molecule has 0 aliphatic carbocycles. The van der Waals surface area contributed by atoms with Gasteiger partial charge in [0, 0.05) is 12.8 Å². The Morgan fingerprint density at radius 2 is 0.512 bits per heavy atom. The number of aliphatic hydroxyl groups excluding tert-OH is 1. The van der Waals surface area contributed by atoms with Gasteiger partial charge in [0.05, 0.1) is 6.61 Å². The normalized spacial score (nSPS) is 12.7. The minimum Gasteiger partial charge on any atom is -0.462 e. The van der Waals surface area contributed by atoms with E-state index in [-0.39, 0.29) is 25.2 Å². The van der Waals surface area contributed by atoms with Crippen LogP contribution in [0.3, 0.4) is 0 Å². The molecule has 488 valence electrons. The molecular formula is C79H142O5. The number of carbonyl (C=O) groups excluding carboxylic acids is 2. The molecule has 0 fully saturated rings. The highest BCUT2D eigenvalue weighted by atomic mass is 16.6. The van der Waals surface area contributed by atoms with E-state index in [2.05, 4.69) is 98.9 Å². The quantitative estimate of drug-likeness (QED) is 0.0373. The van der Waals surface area contributed by atoms with Crippen molar-refractivity contribution < 1.29 is 24.2 Å². The first kappa shape index (κ1) is 81.1. The van der Waals surface area contributed by atoms with Crippen LogP contribution in [0.4, 0.5) is 0 Å². The van der Waals surface area contributed by atoms with Gasteiger partial charge in [0.1, 0.15) is 6.61 Å². The van der Waals surface area contributed by atoms with Crippen molar-refractivity contribution in [1.29, 1.82) is 0 Å². The van der Waals surface area contributed by atoms with Crippen molar-refractivity contribution in [1.82, 2.24) is 0 Å². The van der Waals surface area contributed by atoms with E-state index in [0.717, 1.165) is 89.9 Å². The predicted octanol–water partition coefficient (Wildman–Crippen LogP) is 26.0. The summed E-state index contributed by atoms with van der Waals surface area (Å²) in [5, 5.41) is 9.71. The summed E-state index contributed by atoms with van der Waals surface area (Å²) >= 11 is 0. The summed E-state index contributed by atoms with van der Waals surface area (Å²) in [6, 6.07) is 0. The lowest BCUT2D eigenvalue weighted by Gasteiger charge is -2.15. The number of hydrogen-bond acceptors (Lipinski definition) is 5. The zero-order valence-corrected chi connectivity index (χ0v) is 56.2. The van der Waals surface area contributed by atoms with E-state index in [4.69, 9.17) is 9.47 Å². The molecule has 0 heterocycles. The fraction of sp³-hybridized carbons (Fsp3) is 0.797. The summed E-state index contributed by atoms with van der Waals surface area (Å²) in [5.41, 5.74) is 0. The zero-order valence-electron chi connectivity index (χ0n) is 56.2. The van der Waals surface area contributed by atoms with Crippen molar-refractivity contribution in [2.75, 3.05) is 13.2 Å². The van der Waals surface area contributed by atoms with Gasteiger partial charge < -0.3 is 14.6 Å². The third kappa shape index (κ3) is 71.6. The molecule has 0 saturated heterocycles. The lowest BCUT2D eigenvalue weighted by atomic mass is 10.0. The molecule has 0 radical (unpaired) electrons. The molecule has 1 atom stereocenters. The Bertz CT molecular complexity index is 1520. The van der Waals surface area contributed by atoms with Gasteiger partial charge in [-0.05, 0) is 70.6 Å². The van der Waals surface area contributed by atoms with Crippen molar-refractivity contribution in [2.24, 2.45) is 0 Å². The number of hydrogen-bond donors (Lipinski definition) is 1. The monoisotopic (exact) mass is 1170 g/mol. The van der Waals surface area contributed by atoms with E-state index in [9.17, 15) is 14.7 Å². The molecule has 84 heavy (non-hydrogen) atoms. The summed E-state index contributed by atoms with van der Waals surface area (Å²) < 4.78 is 10.8. The van der Waals surface area contributed by atoms with Crippen molar-refractivity contribution in [3.8, 4) is 0 Å². The van der Waals surface area contributed by atoms with Gasteiger partial charge in [-0.1, -0.05) is 388 Å². The average molecular weight is 1170 g/mol. The SMILES string of the molecule is CC/C=C\C/C=C\C/C=C\C/C=C\C/C=C\C/C=C\C/C=C\CCCCCCCCCCCC(=O)OC(CO)COC(=O)CCCCCCCCCCCCCCCCCCCCCCCCCCCCCCCCCCCCCCCCC. The van der Waals surface area contributed by atoms with E-state index in [0.29, 0.717) is 12.8 Å². The van der Waals surface area contributed by atoms with Crippen LogP contribution in [0.25, 0.3) is 0 Å². The molecule has 0 spiro atoms. The Morgan fingerprint density at radius 1 is 0.286 bits per heavy atom. The smallest absolute Gasteiger partial charge is 0.306 e. The van der Waals surface area contributed by atoms with Gasteiger partial charge >= 0.3 is 11.9 Å². The summed E-state index contributed by atoms with van der Waals surface area (Å²) in [6.07, 6.45) is 105. The molecule has 5 heteroatoms. The Labute approximate surface area is 524 Å². The predicted molar refractivity (Wildman–Crippen MR) is 371 cm³/mol. The first-order valence-electron chi connectivity index (χ1n) is 37.1.